The SMILES string of the molecule is COC(=O)[C@@H]1C(C=Nc2ccccc2)=Cc2cc3c(cc2[C@H]1c1cc(OC)c(OC)c(OC)c1)OCO3. The van der Waals surface area contributed by atoms with Crippen LogP contribution in [0.1, 0.15) is 22.6 Å². The molecular formula is C29H27NO7. The number of carbonyl (C=O) groups is 1. The summed E-state index contributed by atoms with van der Waals surface area (Å²) < 4.78 is 33.4. The molecule has 0 saturated heterocycles. The molecule has 0 spiro atoms. The van der Waals surface area contributed by atoms with Crippen molar-refractivity contribution >= 4 is 23.9 Å². The van der Waals surface area contributed by atoms with Crippen LogP contribution in [0.2, 0.25) is 0 Å². The molecule has 0 radical (unpaired) electrons. The molecular weight excluding hydrogens is 474 g/mol. The summed E-state index contributed by atoms with van der Waals surface area (Å²) in [4.78, 5) is 18.0. The van der Waals surface area contributed by atoms with Crippen LogP contribution in [0.5, 0.6) is 28.7 Å². The predicted molar refractivity (Wildman–Crippen MR) is 139 cm³/mol. The van der Waals surface area contributed by atoms with Gasteiger partial charge in [0.25, 0.3) is 0 Å². The van der Waals surface area contributed by atoms with Gasteiger partial charge in [-0.25, -0.2) is 0 Å². The fraction of sp³-hybridized carbons (Fsp3) is 0.241. The van der Waals surface area contributed by atoms with E-state index in [9.17, 15) is 4.79 Å². The second-order valence-corrected chi connectivity index (χ2v) is 8.51. The van der Waals surface area contributed by atoms with Crippen molar-refractivity contribution in [1.29, 1.82) is 0 Å². The van der Waals surface area contributed by atoms with Crippen LogP contribution in [0.4, 0.5) is 5.69 Å². The molecule has 2 atom stereocenters. The van der Waals surface area contributed by atoms with Gasteiger partial charge in [-0.15, -0.1) is 0 Å². The molecule has 1 heterocycles. The molecule has 3 aromatic carbocycles. The van der Waals surface area contributed by atoms with Gasteiger partial charge in [0.1, 0.15) is 0 Å². The van der Waals surface area contributed by atoms with Crippen LogP contribution in [0.25, 0.3) is 6.08 Å². The van der Waals surface area contributed by atoms with Gasteiger partial charge >= 0.3 is 5.97 Å². The Morgan fingerprint density at radius 3 is 2.22 bits per heavy atom. The van der Waals surface area contributed by atoms with Gasteiger partial charge in [-0.1, -0.05) is 18.2 Å². The van der Waals surface area contributed by atoms with Gasteiger partial charge in [0.15, 0.2) is 23.0 Å². The van der Waals surface area contributed by atoms with Crippen LogP contribution >= 0.6 is 0 Å². The highest BCUT2D eigenvalue weighted by Gasteiger charge is 2.40. The number of nitrogens with zero attached hydrogens (tertiary/aromatic N) is 1. The third-order valence-corrected chi connectivity index (χ3v) is 6.55. The van der Waals surface area contributed by atoms with Crippen molar-refractivity contribution in [3.05, 3.63) is 76.9 Å². The molecule has 0 saturated carbocycles. The molecule has 1 aliphatic heterocycles. The number of hydrogen-bond donors (Lipinski definition) is 0. The molecule has 0 amide bonds. The number of fused-ring (bicyclic) bond motifs is 2. The van der Waals surface area contributed by atoms with E-state index in [1.807, 2.05) is 60.7 Å². The molecule has 0 bridgehead atoms. The third kappa shape index (κ3) is 4.46. The maximum absolute atomic E-state index is 13.4. The van der Waals surface area contributed by atoms with Crippen molar-refractivity contribution in [2.75, 3.05) is 35.2 Å². The van der Waals surface area contributed by atoms with Gasteiger partial charge in [-0.05, 0) is 64.7 Å². The first-order chi connectivity index (χ1) is 18.1. The maximum atomic E-state index is 13.4. The zero-order valence-corrected chi connectivity index (χ0v) is 21.0. The zero-order chi connectivity index (χ0) is 25.9. The van der Waals surface area contributed by atoms with Gasteiger partial charge in [-0.3, -0.25) is 9.79 Å². The number of aliphatic imine (C=N–C) groups is 1. The highest BCUT2D eigenvalue weighted by molar-refractivity contribution is 5.98. The lowest BCUT2D eigenvalue weighted by Crippen LogP contribution is -2.30. The van der Waals surface area contributed by atoms with Gasteiger partial charge in [-0.2, -0.15) is 0 Å². The number of rotatable bonds is 7. The van der Waals surface area contributed by atoms with Crippen molar-refractivity contribution in [3.8, 4) is 28.7 Å². The van der Waals surface area contributed by atoms with E-state index in [0.717, 1.165) is 22.4 Å². The highest BCUT2D eigenvalue weighted by atomic mass is 16.7. The van der Waals surface area contributed by atoms with Crippen molar-refractivity contribution in [3.63, 3.8) is 0 Å². The molecule has 2 aliphatic rings. The third-order valence-electron chi connectivity index (χ3n) is 6.55. The largest absolute Gasteiger partial charge is 0.493 e. The number of esters is 1. The minimum Gasteiger partial charge on any atom is -0.493 e. The van der Waals surface area contributed by atoms with Crippen molar-refractivity contribution in [2.45, 2.75) is 5.92 Å². The average molecular weight is 502 g/mol. The summed E-state index contributed by atoms with van der Waals surface area (Å²) in [6, 6.07) is 17.1. The van der Waals surface area contributed by atoms with E-state index in [1.165, 1.54) is 7.11 Å². The molecule has 1 aliphatic carbocycles. The summed E-state index contributed by atoms with van der Waals surface area (Å²) in [6.07, 6.45) is 3.66. The number of methoxy groups -OCH3 is 4. The standard InChI is InChI=1S/C29H27NO7/c1-32-24-12-18(13-25(33-2)28(24)34-3)26-21-14-23-22(36-16-37-23)11-17(21)10-19(27(26)29(31)35-4)15-30-20-8-6-5-7-9-20/h5-15,26-27H,16H2,1-4H3/t26-,27-/m1/s1. The van der Waals surface area contributed by atoms with Gasteiger partial charge in [0, 0.05) is 12.1 Å². The van der Waals surface area contributed by atoms with Crippen molar-refractivity contribution in [1.82, 2.24) is 0 Å². The second-order valence-electron chi connectivity index (χ2n) is 8.51. The molecule has 8 nitrogen and oxygen atoms in total. The van der Waals surface area contributed by atoms with E-state index in [1.54, 1.807) is 27.5 Å². The molecule has 0 fully saturated rings. The quantitative estimate of drug-likeness (QED) is 0.327. The second kappa shape index (κ2) is 10.3. The normalized spacial score (nSPS) is 17.7. The van der Waals surface area contributed by atoms with Crippen LogP contribution in [-0.4, -0.2) is 47.4 Å². The van der Waals surface area contributed by atoms with Gasteiger partial charge in [0.05, 0.1) is 40.0 Å². The molecule has 0 aromatic heterocycles. The average Bonchev–Trinajstić information content (AvgIpc) is 3.40. The topological polar surface area (TPSA) is 84.8 Å². The van der Waals surface area contributed by atoms with E-state index < -0.39 is 17.8 Å². The van der Waals surface area contributed by atoms with E-state index in [0.29, 0.717) is 34.3 Å². The maximum Gasteiger partial charge on any atom is 0.314 e. The lowest BCUT2D eigenvalue weighted by molar-refractivity contribution is -0.144. The predicted octanol–water partition coefficient (Wildman–Crippen LogP) is 5.16. The Hall–Kier alpha value is -4.46. The Morgan fingerprint density at radius 2 is 1.59 bits per heavy atom. The summed E-state index contributed by atoms with van der Waals surface area (Å²) in [6.45, 7) is 0.138. The molecule has 8 heteroatoms. The Labute approximate surface area is 215 Å². The highest BCUT2D eigenvalue weighted by Crippen LogP contribution is 2.50. The number of ether oxygens (including phenoxy) is 6. The molecule has 37 heavy (non-hydrogen) atoms. The van der Waals surface area contributed by atoms with Gasteiger partial charge < -0.3 is 28.4 Å². The zero-order valence-electron chi connectivity index (χ0n) is 21.0. The minimum absolute atomic E-state index is 0.138. The number of para-hydroxylation sites is 1. The fourth-order valence-electron chi connectivity index (χ4n) is 4.84. The summed E-state index contributed by atoms with van der Waals surface area (Å²) in [5.74, 6) is 1.14. The van der Waals surface area contributed by atoms with E-state index in [-0.39, 0.29) is 6.79 Å². The van der Waals surface area contributed by atoms with E-state index >= 15 is 0 Å². The smallest absolute Gasteiger partial charge is 0.314 e. The summed E-state index contributed by atoms with van der Waals surface area (Å²) in [5, 5.41) is 0. The lowest BCUT2D eigenvalue weighted by atomic mass is 9.71. The monoisotopic (exact) mass is 501 g/mol. The first kappa shape index (κ1) is 24.2. The van der Waals surface area contributed by atoms with Crippen molar-refractivity contribution in [2.24, 2.45) is 10.9 Å². The van der Waals surface area contributed by atoms with Crippen LogP contribution in [-0.2, 0) is 9.53 Å². The van der Waals surface area contributed by atoms with Gasteiger partial charge in [0.2, 0.25) is 12.5 Å². The number of hydrogen-bond acceptors (Lipinski definition) is 8. The summed E-state index contributed by atoms with van der Waals surface area (Å²) >= 11 is 0. The van der Waals surface area contributed by atoms with Crippen molar-refractivity contribution < 1.29 is 33.2 Å². The number of carbonyl (C=O) groups excluding carboxylic acids is 1. The molecule has 5 rings (SSSR count). The van der Waals surface area contributed by atoms with E-state index in [4.69, 9.17) is 28.4 Å². The summed E-state index contributed by atoms with van der Waals surface area (Å²) in [7, 11) is 6.05. The Morgan fingerprint density at radius 1 is 0.919 bits per heavy atom. The lowest BCUT2D eigenvalue weighted by Gasteiger charge is -2.32. The first-order valence-corrected chi connectivity index (χ1v) is 11.7. The Bertz CT molecular complexity index is 1360. The van der Waals surface area contributed by atoms with Crippen LogP contribution in [0, 0.1) is 5.92 Å². The molecule has 0 N–H and O–H groups in total. The van der Waals surface area contributed by atoms with E-state index in [2.05, 4.69) is 4.99 Å². The fourth-order valence-corrected chi connectivity index (χ4v) is 4.84. The molecule has 3 aromatic rings. The Kier molecular flexibility index (Phi) is 6.72. The van der Waals surface area contributed by atoms with Crippen LogP contribution in [0.15, 0.2) is 65.2 Å². The molecule has 0 unspecified atom stereocenters. The first-order valence-electron chi connectivity index (χ1n) is 11.7. The Balaban J connectivity index is 1.73. The van der Waals surface area contributed by atoms with Crippen LogP contribution < -0.4 is 23.7 Å². The molecule has 190 valence electrons. The number of benzene rings is 3. The van der Waals surface area contributed by atoms with Crippen LogP contribution in [0.3, 0.4) is 0 Å². The summed E-state index contributed by atoms with van der Waals surface area (Å²) in [5.41, 5.74) is 4.01. The minimum atomic E-state index is -0.701.